The summed E-state index contributed by atoms with van der Waals surface area (Å²) in [6, 6.07) is 13.0. The van der Waals surface area contributed by atoms with Crippen molar-refractivity contribution in [2.75, 3.05) is 25.1 Å². The summed E-state index contributed by atoms with van der Waals surface area (Å²) in [4.78, 5) is 27.6. The third kappa shape index (κ3) is 7.51. The van der Waals surface area contributed by atoms with Gasteiger partial charge in [-0.25, -0.2) is 17.2 Å². The lowest BCUT2D eigenvalue weighted by Crippen LogP contribution is -2.52. The molecule has 0 aliphatic rings. The Balaban J connectivity index is 2.08. The average Bonchev–Trinajstić information content (AvgIpc) is 2.94. The predicted molar refractivity (Wildman–Crippen MR) is 150 cm³/mol. The van der Waals surface area contributed by atoms with Crippen molar-refractivity contribution in [1.82, 2.24) is 10.2 Å². The number of sulfonamides is 1. The number of anilines is 1. The highest BCUT2D eigenvalue weighted by molar-refractivity contribution is 7.92. The lowest BCUT2D eigenvalue weighted by Gasteiger charge is -2.32. The van der Waals surface area contributed by atoms with Crippen LogP contribution in [0.2, 0.25) is 0 Å². The SMILES string of the molecule is COc1ccc(S(=O)(=O)N(CC(=O)N(Cc2ccccc2F)C(C)C(=O)NC(C)C)c2ccc(F)cc2)cc1OC. The summed E-state index contributed by atoms with van der Waals surface area (Å²) < 4.78 is 67.5. The molecule has 0 fully saturated rings. The molecule has 3 aromatic rings. The number of methoxy groups -OCH3 is 2. The number of rotatable bonds is 12. The van der Waals surface area contributed by atoms with Crippen molar-refractivity contribution in [2.24, 2.45) is 0 Å². The predicted octanol–water partition coefficient (Wildman–Crippen LogP) is 4.12. The van der Waals surface area contributed by atoms with Gasteiger partial charge in [0, 0.05) is 24.2 Å². The molecule has 0 aliphatic heterocycles. The van der Waals surface area contributed by atoms with Gasteiger partial charge in [-0.1, -0.05) is 18.2 Å². The van der Waals surface area contributed by atoms with E-state index in [1.807, 2.05) is 0 Å². The van der Waals surface area contributed by atoms with Gasteiger partial charge in [0.2, 0.25) is 11.8 Å². The van der Waals surface area contributed by atoms with Crippen molar-refractivity contribution >= 4 is 27.5 Å². The van der Waals surface area contributed by atoms with Crippen LogP contribution in [-0.2, 0) is 26.2 Å². The quantitative estimate of drug-likeness (QED) is 0.341. The zero-order chi connectivity index (χ0) is 30.3. The summed E-state index contributed by atoms with van der Waals surface area (Å²) in [5, 5.41) is 2.72. The molecule has 0 aliphatic carbocycles. The number of carbonyl (C=O) groups is 2. The first kappa shape index (κ1) is 31.3. The number of hydrogen-bond donors (Lipinski definition) is 1. The maximum absolute atomic E-state index is 14.6. The molecule has 0 aromatic heterocycles. The van der Waals surface area contributed by atoms with Gasteiger partial charge in [0.05, 0.1) is 24.8 Å². The molecule has 0 saturated heterocycles. The third-order valence-electron chi connectivity index (χ3n) is 6.23. The summed E-state index contributed by atoms with van der Waals surface area (Å²) in [7, 11) is -1.70. The molecule has 0 heterocycles. The molecule has 0 saturated carbocycles. The second-order valence-corrected chi connectivity index (χ2v) is 11.3. The van der Waals surface area contributed by atoms with Gasteiger partial charge in [0.15, 0.2) is 11.5 Å². The molecule has 220 valence electrons. The van der Waals surface area contributed by atoms with Gasteiger partial charge >= 0.3 is 0 Å². The van der Waals surface area contributed by atoms with Gasteiger partial charge < -0.3 is 19.7 Å². The zero-order valence-electron chi connectivity index (χ0n) is 23.4. The molecule has 0 bridgehead atoms. The molecule has 9 nitrogen and oxygen atoms in total. The fraction of sp³-hybridized carbons (Fsp3) is 0.310. The number of hydrogen-bond acceptors (Lipinski definition) is 6. The van der Waals surface area contributed by atoms with Crippen molar-refractivity contribution in [3.63, 3.8) is 0 Å². The minimum atomic E-state index is -4.45. The van der Waals surface area contributed by atoms with Crippen molar-refractivity contribution < 1.29 is 36.3 Å². The Kier molecular flexibility index (Phi) is 10.3. The van der Waals surface area contributed by atoms with Crippen LogP contribution in [0.4, 0.5) is 14.5 Å². The van der Waals surface area contributed by atoms with E-state index in [1.165, 1.54) is 69.7 Å². The van der Waals surface area contributed by atoms with Gasteiger partial charge in [-0.3, -0.25) is 13.9 Å². The van der Waals surface area contributed by atoms with Crippen molar-refractivity contribution in [3.05, 3.63) is 83.9 Å². The van der Waals surface area contributed by atoms with Crippen LogP contribution < -0.4 is 19.1 Å². The summed E-state index contributed by atoms with van der Waals surface area (Å²) in [5.41, 5.74) is 0.140. The summed E-state index contributed by atoms with van der Waals surface area (Å²) in [6.07, 6.45) is 0. The van der Waals surface area contributed by atoms with Crippen LogP contribution >= 0.6 is 0 Å². The first-order valence-electron chi connectivity index (χ1n) is 12.7. The molecule has 12 heteroatoms. The second-order valence-electron chi connectivity index (χ2n) is 9.46. The van der Waals surface area contributed by atoms with Crippen LogP contribution in [-0.4, -0.2) is 58.0 Å². The van der Waals surface area contributed by atoms with Crippen LogP contribution in [0.5, 0.6) is 11.5 Å². The smallest absolute Gasteiger partial charge is 0.264 e. The van der Waals surface area contributed by atoms with Crippen molar-refractivity contribution in [1.29, 1.82) is 0 Å². The normalized spacial score (nSPS) is 12.0. The number of ether oxygens (including phenoxy) is 2. The van der Waals surface area contributed by atoms with Crippen LogP contribution in [0.15, 0.2) is 71.6 Å². The second kappa shape index (κ2) is 13.4. The monoisotopic (exact) mass is 589 g/mol. The first-order valence-corrected chi connectivity index (χ1v) is 14.2. The molecule has 1 N–H and O–H groups in total. The highest BCUT2D eigenvalue weighted by Crippen LogP contribution is 2.32. The van der Waals surface area contributed by atoms with Gasteiger partial charge in [-0.05, 0) is 63.2 Å². The largest absolute Gasteiger partial charge is 0.493 e. The highest BCUT2D eigenvalue weighted by atomic mass is 32.2. The molecular weight excluding hydrogens is 556 g/mol. The maximum Gasteiger partial charge on any atom is 0.264 e. The minimum Gasteiger partial charge on any atom is -0.493 e. The minimum absolute atomic E-state index is 0.000313. The number of nitrogens with one attached hydrogen (secondary N) is 1. The molecule has 3 rings (SSSR count). The van der Waals surface area contributed by atoms with E-state index in [-0.39, 0.29) is 40.2 Å². The number of benzene rings is 3. The lowest BCUT2D eigenvalue weighted by molar-refractivity contribution is -0.139. The first-order chi connectivity index (χ1) is 19.4. The number of halogens is 2. The third-order valence-corrected chi connectivity index (χ3v) is 8.00. The summed E-state index contributed by atoms with van der Waals surface area (Å²) in [6.45, 7) is 3.91. The number of carbonyl (C=O) groups excluding carboxylic acids is 2. The molecular formula is C29H33F2N3O6S. The topological polar surface area (TPSA) is 105 Å². The van der Waals surface area contributed by atoms with E-state index in [2.05, 4.69) is 5.32 Å². The van der Waals surface area contributed by atoms with Crippen LogP contribution in [0.1, 0.15) is 26.3 Å². The average molecular weight is 590 g/mol. The van der Waals surface area contributed by atoms with E-state index >= 15 is 0 Å². The number of nitrogens with zero attached hydrogens (tertiary/aromatic N) is 2. The standard InChI is InChI=1S/C29H33F2N3O6S/c1-19(2)32-29(36)20(3)33(17-21-8-6-7-9-25(21)31)28(35)18-34(23-12-10-22(30)11-13-23)41(37,38)24-14-15-26(39-4)27(16-24)40-5/h6-16,19-20H,17-18H2,1-5H3,(H,32,36). The molecule has 41 heavy (non-hydrogen) atoms. The molecule has 0 spiro atoms. The van der Waals surface area contributed by atoms with Crippen LogP contribution in [0.3, 0.4) is 0 Å². The van der Waals surface area contributed by atoms with E-state index in [4.69, 9.17) is 9.47 Å². The Labute approximate surface area is 238 Å². The molecule has 0 radical (unpaired) electrons. The van der Waals surface area contributed by atoms with Crippen LogP contribution in [0, 0.1) is 11.6 Å². The number of amides is 2. The van der Waals surface area contributed by atoms with Crippen molar-refractivity contribution in [2.45, 2.75) is 44.3 Å². The Morgan fingerprint density at radius 1 is 0.902 bits per heavy atom. The van der Waals surface area contributed by atoms with Crippen molar-refractivity contribution in [3.8, 4) is 11.5 Å². The van der Waals surface area contributed by atoms with Gasteiger partial charge in [-0.15, -0.1) is 0 Å². The molecule has 3 aromatic carbocycles. The van der Waals surface area contributed by atoms with E-state index in [1.54, 1.807) is 19.9 Å². The highest BCUT2D eigenvalue weighted by Gasteiger charge is 2.33. The Morgan fingerprint density at radius 3 is 2.12 bits per heavy atom. The molecule has 1 atom stereocenters. The summed E-state index contributed by atoms with van der Waals surface area (Å²) >= 11 is 0. The van der Waals surface area contributed by atoms with Crippen LogP contribution in [0.25, 0.3) is 0 Å². The Morgan fingerprint density at radius 2 is 1.54 bits per heavy atom. The zero-order valence-corrected chi connectivity index (χ0v) is 24.2. The molecule has 2 amide bonds. The van der Waals surface area contributed by atoms with Gasteiger partial charge in [-0.2, -0.15) is 0 Å². The fourth-order valence-electron chi connectivity index (χ4n) is 4.04. The lowest BCUT2D eigenvalue weighted by atomic mass is 10.1. The summed E-state index contributed by atoms with van der Waals surface area (Å²) in [5.74, 6) is -2.05. The van der Waals surface area contributed by atoms with E-state index in [0.29, 0.717) is 0 Å². The van der Waals surface area contributed by atoms with E-state index in [9.17, 15) is 26.8 Å². The Bertz CT molecular complexity index is 1480. The maximum atomic E-state index is 14.6. The van der Waals surface area contributed by atoms with Gasteiger partial charge in [0.25, 0.3) is 10.0 Å². The van der Waals surface area contributed by atoms with E-state index in [0.717, 1.165) is 21.3 Å². The molecule has 1 unspecified atom stereocenters. The fourth-order valence-corrected chi connectivity index (χ4v) is 5.47. The van der Waals surface area contributed by atoms with Gasteiger partial charge in [0.1, 0.15) is 24.2 Å². The Hall–Kier alpha value is -4.19. The van der Waals surface area contributed by atoms with E-state index < -0.39 is 46.1 Å².